The third kappa shape index (κ3) is 4.79. The van der Waals surface area contributed by atoms with Crippen molar-refractivity contribution < 1.29 is 22.4 Å². The summed E-state index contributed by atoms with van der Waals surface area (Å²) in [6.45, 7) is 0.730. The summed E-state index contributed by atoms with van der Waals surface area (Å²) in [6.07, 6.45) is -4.48. The average Bonchev–Trinajstić information content (AvgIpc) is 2.47. The van der Waals surface area contributed by atoms with Gasteiger partial charge in [-0.05, 0) is 18.2 Å². The van der Waals surface area contributed by atoms with E-state index in [4.69, 9.17) is 11.6 Å². The highest BCUT2D eigenvalue weighted by atomic mass is 35.5. The molecule has 1 aromatic carbocycles. The molecule has 1 heterocycles. The van der Waals surface area contributed by atoms with E-state index >= 15 is 0 Å². The minimum Gasteiger partial charge on any atom is -0.350 e. The SMILES string of the molecule is O=C(NCC(N1CCNCC1)C(F)(F)F)c1ccc(Cl)cc1F. The molecule has 2 rings (SSSR count). The maximum absolute atomic E-state index is 13.6. The van der Waals surface area contributed by atoms with Crippen molar-refractivity contribution in [2.75, 3.05) is 32.7 Å². The fourth-order valence-corrected chi connectivity index (χ4v) is 2.56. The molecule has 1 saturated heterocycles. The van der Waals surface area contributed by atoms with Crippen molar-refractivity contribution >= 4 is 17.5 Å². The Hall–Kier alpha value is -1.38. The Morgan fingerprint density at radius 3 is 2.57 bits per heavy atom. The second-order valence-electron chi connectivity index (χ2n) is 5.18. The Balaban J connectivity index is 2.04. The smallest absolute Gasteiger partial charge is 0.350 e. The van der Waals surface area contributed by atoms with E-state index in [1.54, 1.807) is 0 Å². The van der Waals surface area contributed by atoms with Gasteiger partial charge in [0.05, 0.1) is 5.56 Å². The number of rotatable bonds is 4. The first-order valence-corrected chi connectivity index (χ1v) is 7.41. The first kappa shape index (κ1) is 18.0. The Kier molecular flexibility index (Phi) is 5.83. The number of piperazine rings is 1. The van der Waals surface area contributed by atoms with Crippen LogP contribution in [0.2, 0.25) is 5.02 Å². The molecule has 9 heteroatoms. The molecule has 128 valence electrons. The van der Waals surface area contributed by atoms with Crippen LogP contribution in [0.4, 0.5) is 17.6 Å². The molecule has 1 unspecified atom stereocenters. The van der Waals surface area contributed by atoms with Crippen LogP contribution < -0.4 is 10.6 Å². The topological polar surface area (TPSA) is 44.4 Å². The number of carbonyl (C=O) groups is 1. The van der Waals surface area contributed by atoms with Crippen molar-refractivity contribution in [3.8, 4) is 0 Å². The number of benzene rings is 1. The van der Waals surface area contributed by atoms with Gasteiger partial charge in [-0.25, -0.2) is 4.39 Å². The lowest BCUT2D eigenvalue weighted by molar-refractivity contribution is -0.183. The van der Waals surface area contributed by atoms with Crippen LogP contribution in [0.5, 0.6) is 0 Å². The van der Waals surface area contributed by atoms with Gasteiger partial charge < -0.3 is 10.6 Å². The van der Waals surface area contributed by atoms with Gasteiger partial charge in [-0.1, -0.05) is 11.6 Å². The number of carbonyl (C=O) groups excluding carboxylic acids is 1. The van der Waals surface area contributed by atoms with E-state index in [1.807, 2.05) is 0 Å². The normalized spacial score (nSPS) is 17.8. The van der Waals surface area contributed by atoms with Gasteiger partial charge in [0.2, 0.25) is 0 Å². The maximum atomic E-state index is 13.6. The molecule has 2 N–H and O–H groups in total. The largest absolute Gasteiger partial charge is 0.405 e. The summed E-state index contributed by atoms with van der Waals surface area (Å²) in [6, 6.07) is 1.58. The molecule has 1 amide bonds. The molecule has 1 atom stereocenters. The van der Waals surface area contributed by atoms with Gasteiger partial charge in [0.15, 0.2) is 0 Å². The lowest BCUT2D eigenvalue weighted by Crippen LogP contribution is -2.57. The molecule has 0 spiro atoms. The number of hydrogen-bond acceptors (Lipinski definition) is 3. The highest BCUT2D eigenvalue weighted by Crippen LogP contribution is 2.25. The van der Waals surface area contributed by atoms with Crippen LogP contribution in [-0.4, -0.2) is 55.7 Å². The van der Waals surface area contributed by atoms with Crippen LogP contribution >= 0.6 is 11.6 Å². The van der Waals surface area contributed by atoms with Gasteiger partial charge in [0, 0.05) is 37.7 Å². The number of amides is 1. The summed E-state index contributed by atoms with van der Waals surface area (Å²) in [7, 11) is 0. The van der Waals surface area contributed by atoms with Crippen LogP contribution in [-0.2, 0) is 0 Å². The van der Waals surface area contributed by atoms with Crippen LogP contribution in [0, 0.1) is 5.82 Å². The summed E-state index contributed by atoms with van der Waals surface area (Å²) >= 11 is 5.58. The number of halogens is 5. The standard InChI is InChI=1S/C14H16ClF4N3O/c15-9-1-2-10(11(16)7-9)13(23)21-8-12(14(17,18)19)22-5-3-20-4-6-22/h1-2,7,12,20H,3-6,8H2,(H,21,23). The second-order valence-corrected chi connectivity index (χ2v) is 5.61. The predicted molar refractivity (Wildman–Crippen MR) is 78.0 cm³/mol. The lowest BCUT2D eigenvalue weighted by Gasteiger charge is -2.35. The highest BCUT2D eigenvalue weighted by Gasteiger charge is 2.43. The molecule has 1 aliphatic rings. The molecule has 0 radical (unpaired) electrons. The fraction of sp³-hybridized carbons (Fsp3) is 0.500. The molecular formula is C14H16ClF4N3O. The van der Waals surface area contributed by atoms with E-state index in [0.717, 1.165) is 12.1 Å². The molecule has 23 heavy (non-hydrogen) atoms. The van der Waals surface area contributed by atoms with Crippen molar-refractivity contribution in [3.63, 3.8) is 0 Å². The van der Waals surface area contributed by atoms with Crippen molar-refractivity contribution in [2.24, 2.45) is 0 Å². The van der Waals surface area contributed by atoms with Crippen molar-refractivity contribution in [1.29, 1.82) is 0 Å². The van der Waals surface area contributed by atoms with E-state index in [-0.39, 0.29) is 23.7 Å². The summed E-state index contributed by atoms with van der Waals surface area (Å²) < 4.78 is 53.2. The van der Waals surface area contributed by atoms with Gasteiger partial charge in [0.1, 0.15) is 11.9 Å². The highest BCUT2D eigenvalue weighted by molar-refractivity contribution is 6.30. The Morgan fingerprint density at radius 2 is 2.00 bits per heavy atom. The van der Waals surface area contributed by atoms with E-state index < -0.39 is 30.5 Å². The van der Waals surface area contributed by atoms with Crippen molar-refractivity contribution in [2.45, 2.75) is 12.2 Å². The van der Waals surface area contributed by atoms with Crippen molar-refractivity contribution in [3.05, 3.63) is 34.6 Å². The monoisotopic (exact) mass is 353 g/mol. The zero-order valence-electron chi connectivity index (χ0n) is 12.1. The third-order valence-electron chi connectivity index (χ3n) is 3.60. The Bertz CT molecular complexity index is 561. The van der Waals surface area contributed by atoms with E-state index in [2.05, 4.69) is 10.6 Å². The zero-order valence-corrected chi connectivity index (χ0v) is 12.8. The molecule has 4 nitrogen and oxygen atoms in total. The maximum Gasteiger partial charge on any atom is 0.405 e. The quantitative estimate of drug-likeness (QED) is 0.814. The molecular weight excluding hydrogens is 338 g/mol. The van der Waals surface area contributed by atoms with Crippen LogP contribution in [0.3, 0.4) is 0 Å². The summed E-state index contributed by atoms with van der Waals surface area (Å²) in [5, 5.41) is 5.23. The molecule has 1 fully saturated rings. The van der Waals surface area contributed by atoms with E-state index in [0.29, 0.717) is 13.1 Å². The minimum atomic E-state index is -4.48. The summed E-state index contributed by atoms with van der Waals surface area (Å²) in [4.78, 5) is 13.2. The predicted octanol–water partition coefficient (Wildman–Crippen LogP) is 2.04. The molecule has 1 aliphatic heterocycles. The molecule has 1 aromatic rings. The first-order chi connectivity index (χ1) is 10.8. The Labute approximate surface area is 135 Å². The number of nitrogens with one attached hydrogen (secondary N) is 2. The summed E-state index contributed by atoms with van der Waals surface area (Å²) in [5.41, 5.74) is -0.337. The van der Waals surface area contributed by atoms with E-state index in [9.17, 15) is 22.4 Å². The molecule has 0 aromatic heterocycles. The van der Waals surface area contributed by atoms with Crippen LogP contribution in [0.25, 0.3) is 0 Å². The Morgan fingerprint density at radius 1 is 1.35 bits per heavy atom. The molecule has 0 aliphatic carbocycles. The van der Waals surface area contributed by atoms with Crippen LogP contribution in [0.15, 0.2) is 18.2 Å². The molecule has 0 saturated carbocycles. The number of nitrogens with zero attached hydrogens (tertiary/aromatic N) is 1. The molecule has 0 bridgehead atoms. The summed E-state index contributed by atoms with van der Waals surface area (Å²) in [5.74, 6) is -1.77. The average molecular weight is 354 g/mol. The first-order valence-electron chi connectivity index (χ1n) is 7.04. The number of hydrogen-bond donors (Lipinski definition) is 2. The number of alkyl halides is 3. The van der Waals surface area contributed by atoms with E-state index in [1.165, 1.54) is 11.0 Å². The van der Waals surface area contributed by atoms with Gasteiger partial charge in [-0.15, -0.1) is 0 Å². The minimum absolute atomic E-state index is 0.105. The zero-order chi connectivity index (χ0) is 17.0. The van der Waals surface area contributed by atoms with Gasteiger partial charge in [0.25, 0.3) is 5.91 Å². The lowest BCUT2D eigenvalue weighted by atomic mass is 10.1. The van der Waals surface area contributed by atoms with Gasteiger partial charge in [-0.2, -0.15) is 13.2 Å². The fourth-order valence-electron chi connectivity index (χ4n) is 2.40. The van der Waals surface area contributed by atoms with Gasteiger partial charge >= 0.3 is 6.18 Å². The van der Waals surface area contributed by atoms with Crippen LogP contribution in [0.1, 0.15) is 10.4 Å². The third-order valence-corrected chi connectivity index (χ3v) is 3.84. The van der Waals surface area contributed by atoms with Gasteiger partial charge in [-0.3, -0.25) is 9.69 Å². The van der Waals surface area contributed by atoms with Crippen molar-refractivity contribution in [1.82, 2.24) is 15.5 Å². The second kappa shape index (κ2) is 7.46.